The molecule has 1 aromatic rings. The van der Waals surface area contributed by atoms with E-state index in [1.54, 1.807) is 18.2 Å². The Labute approximate surface area is 78.7 Å². The number of benzene rings is 1. The first-order valence-electron chi connectivity index (χ1n) is 3.77. The van der Waals surface area contributed by atoms with Crippen molar-refractivity contribution in [3.63, 3.8) is 0 Å². The summed E-state index contributed by atoms with van der Waals surface area (Å²) in [4.78, 5) is 2.53. The molecule has 74 valence electrons. The van der Waals surface area contributed by atoms with E-state index in [0.717, 1.165) is 0 Å². The average Bonchev–Trinajstić information content (AvgIpc) is 2.16. The highest BCUT2D eigenvalue weighted by Crippen LogP contribution is 2.20. The first-order chi connectivity index (χ1) is 6.74. The van der Waals surface area contributed by atoms with Gasteiger partial charge >= 0.3 is 6.61 Å². The minimum Gasteiger partial charge on any atom is -0.435 e. The zero-order valence-corrected chi connectivity index (χ0v) is 7.10. The lowest BCUT2D eigenvalue weighted by atomic mass is 10.2. The predicted molar refractivity (Wildman–Crippen MR) is 45.9 cm³/mol. The van der Waals surface area contributed by atoms with Crippen LogP contribution >= 0.6 is 0 Å². The molecule has 0 amide bonds. The zero-order valence-electron chi connectivity index (χ0n) is 7.10. The van der Waals surface area contributed by atoms with Gasteiger partial charge in [0.2, 0.25) is 0 Å². The maximum atomic E-state index is 11.9. The van der Waals surface area contributed by atoms with Crippen molar-refractivity contribution in [3.05, 3.63) is 40.3 Å². The lowest BCUT2D eigenvalue weighted by Crippen LogP contribution is -2.03. The third kappa shape index (κ3) is 2.91. The van der Waals surface area contributed by atoms with Crippen LogP contribution in [0.15, 0.2) is 29.4 Å². The SMILES string of the molecule is [N-]=[N+]=NCc1ccccc1OC(F)F. The summed E-state index contributed by atoms with van der Waals surface area (Å²) in [5.74, 6) is 0.0369. The average molecular weight is 199 g/mol. The Morgan fingerprint density at radius 3 is 2.79 bits per heavy atom. The second kappa shape index (κ2) is 5.04. The van der Waals surface area contributed by atoms with Crippen LogP contribution in [0.5, 0.6) is 5.75 Å². The van der Waals surface area contributed by atoms with E-state index in [-0.39, 0.29) is 12.3 Å². The van der Waals surface area contributed by atoms with Gasteiger partial charge in [-0.25, -0.2) is 0 Å². The molecule has 0 unspecified atom stereocenters. The topological polar surface area (TPSA) is 58.0 Å². The van der Waals surface area contributed by atoms with Crippen molar-refractivity contribution < 1.29 is 13.5 Å². The van der Waals surface area contributed by atoms with Crippen LogP contribution in [0.3, 0.4) is 0 Å². The largest absolute Gasteiger partial charge is 0.435 e. The normalized spacial score (nSPS) is 9.64. The van der Waals surface area contributed by atoms with E-state index in [2.05, 4.69) is 14.8 Å². The Bertz CT molecular complexity index is 350. The quantitative estimate of drug-likeness (QED) is 0.417. The Hall–Kier alpha value is -1.81. The molecule has 0 spiro atoms. The first kappa shape index (κ1) is 10.3. The van der Waals surface area contributed by atoms with Crippen molar-refractivity contribution in [2.75, 3.05) is 0 Å². The van der Waals surface area contributed by atoms with Crippen molar-refractivity contribution in [2.45, 2.75) is 13.2 Å². The van der Waals surface area contributed by atoms with Gasteiger partial charge in [0.15, 0.2) is 0 Å². The Morgan fingerprint density at radius 2 is 2.14 bits per heavy atom. The summed E-state index contributed by atoms with van der Waals surface area (Å²) in [7, 11) is 0. The van der Waals surface area contributed by atoms with Crippen molar-refractivity contribution >= 4 is 0 Å². The number of hydrogen-bond donors (Lipinski definition) is 0. The summed E-state index contributed by atoms with van der Waals surface area (Å²) in [6.07, 6.45) is 0. The number of rotatable bonds is 4. The van der Waals surface area contributed by atoms with E-state index < -0.39 is 6.61 Å². The van der Waals surface area contributed by atoms with Gasteiger partial charge in [0.1, 0.15) is 5.75 Å². The molecule has 0 aliphatic rings. The van der Waals surface area contributed by atoms with Gasteiger partial charge < -0.3 is 4.74 Å². The van der Waals surface area contributed by atoms with Gasteiger partial charge in [-0.15, -0.1) is 0 Å². The van der Waals surface area contributed by atoms with Crippen LogP contribution in [0.4, 0.5) is 8.78 Å². The molecule has 0 aromatic heterocycles. The van der Waals surface area contributed by atoms with Gasteiger partial charge in [-0.2, -0.15) is 8.78 Å². The Balaban J connectivity index is 2.84. The smallest absolute Gasteiger partial charge is 0.387 e. The molecule has 0 aliphatic heterocycles. The molecule has 6 heteroatoms. The number of alkyl halides is 2. The highest BCUT2D eigenvalue weighted by atomic mass is 19.3. The van der Waals surface area contributed by atoms with Crippen LogP contribution < -0.4 is 4.74 Å². The second-order valence-corrected chi connectivity index (χ2v) is 2.38. The van der Waals surface area contributed by atoms with Gasteiger partial charge in [-0.3, -0.25) is 0 Å². The van der Waals surface area contributed by atoms with E-state index >= 15 is 0 Å². The first-order valence-corrected chi connectivity index (χ1v) is 3.77. The Kier molecular flexibility index (Phi) is 3.69. The molecule has 1 aromatic carbocycles. The van der Waals surface area contributed by atoms with Crippen LogP contribution in [0.2, 0.25) is 0 Å². The fourth-order valence-corrected chi connectivity index (χ4v) is 0.953. The van der Waals surface area contributed by atoms with E-state index in [0.29, 0.717) is 5.56 Å². The van der Waals surface area contributed by atoms with Crippen molar-refractivity contribution in [1.29, 1.82) is 0 Å². The molecule has 0 fully saturated rings. The van der Waals surface area contributed by atoms with Crippen LogP contribution in [0, 0.1) is 0 Å². The van der Waals surface area contributed by atoms with Gasteiger partial charge in [-0.1, -0.05) is 23.3 Å². The molecular weight excluding hydrogens is 192 g/mol. The second-order valence-electron chi connectivity index (χ2n) is 2.38. The summed E-state index contributed by atoms with van der Waals surface area (Å²) < 4.78 is 28.0. The maximum Gasteiger partial charge on any atom is 0.387 e. The van der Waals surface area contributed by atoms with Crippen LogP contribution in [0.1, 0.15) is 5.56 Å². The summed E-state index contributed by atoms with van der Waals surface area (Å²) in [5, 5.41) is 3.27. The molecular formula is C8H7F2N3O. The van der Waals surface area contributed by atoms with Gasteiger partial charge in [0.05, 0.1) is 6.54 Å². The van der Waals surface area contributed by atoms with E-state index in [1.165, 1.54) is 6.07 Å². The number of ether oxygens (including phenoxy) is 1. The Morgan fingerprint density at radius 1 is 1.43 bits per heavy atom. The zero-order chi connectivity index (χ0) is 10.4. The fourth-order valence-electron chi connectivity index (χ4n) is 0.953. The molecule has 0 bridgehead atoms. The lowest BCUT2D eigenvalue weighted by molar-refractivity contribution is -0.0504. The van der Waals surface area contributed by atoms with E-state index in [1.807, 2.05) is 0 Å². The molecule has 14 heavy (non-hydrogen) atoms. The van der Waals surface area contributed by atoms with Gasteiger partial charge in [0, 0.05) is 10.5 Å². The molecule has 0 saturated carbocycles. The predicted octanol–water partition coefficient (Wildman–Crippen LogP) is 3.10. The minimum absolute atomic E-state index is 0.000602. The maximum absolute atomic E-state index is 11.9. The minimum atomic E-state index is -2.87. The summed E-state index contributed by atoms with van der Waals surface area (Å²) in [6.45, 7) is -2.87. The third-order valence-corrected chi connectivity index (χ3v) is 1.49. The van der Waals surface area contributed by atoms with Crippen LogP contribution in [-0.2, 0) is 6.54 Å². The molecule has 1 rings (SSSR count). The third-order valence-electron chi connectivity index (χ3n) is 1.49. The fraction of sp³-hybridized carbons (Fsp3) is 0.250. The van der Waals surface area contributed by atoms with Crippen molar-refractivity contribution in [1.82, 2.24) is 0 Å². The summed E-state index contributed by atoms with van der Waals surface area (Å²) in [5.41, 5.74) is 8.51. The summed E-state index contributed by atoms with van der Waals surface area (Å²) >= 11 is 0. The molecule has 4 nitrogen and oxygen atoms in total. The molecule has 0 heterocycles. The molecule has 0 N–H and O–H groups in total. The highest BCUT2D eigenvalue weighted by molar-refractivity contribution is 5.33. The standard InChI is InChI=1S/C8H7F2N3O/c9-8(10)14-7-4-2-1-3-6(7)5-12-13-11/h1-4,8H,5H2. The summed E-state index contributed by atoms with van der Waals surface area (Å²) in [6, 6.07) is 6.18. The molecule has 0 saturated heterocycles. The highest BCUT2D eigenvalue weighted by Gasteiger charge is 2.07. The number of para-hydroxylation sites is 1. The van der Waals surface area contributed by atoms with E-state index in [9.17, 15) is 8.78 Å². The lowest BCUT2D eigenvalue weighted by Gasteiger charge is -2.07. The van der Waals surface area contributed by atoms with Crippen LogP contribution in [-0.4, -0.2) is 6.61 Å². The van der Waals surface area contributed by atoms with E-state index in [4.69, 9.17) is 5.53 Å². The number of hydrogen-bond acceptors (Lipinski definition) is 2. The van der Waals surface area contributed by atoms with Crippen molar-refractivity contribution in [3.8, 4) is 5.75 Å². The number of azide groups is 1. The molecule has 0 radical (unpaired) electrons. The molecule has 0 aliphatic carbocycles. The molecule has 0 atom stereocenters. The van der Waals surface area contributed by atoms with Crippen molar-refractivity contribution in [2.24, 2.45) is 5.11 Å². The monoisotopic (exact) mass is 199 g/mol. The van der Waals surface area contributed by atoms with Gasteiger partial charge in [-0.05, 0) is 11.6 Å². The van der Waals surface area contributed by atoms with Crippen LogP contribution in [0.25, 0.3) is 10.4 Å². The number of nitrogens with zero attached hydrogens (tertiary/aromatic N) is 3. The van der Waals surface area contributed by atoms with Gasteiger partial charge in [0.25, 0.3) is 0 Å². The number of halogens is 2.